The van der Waals surface area contributed by atoms with E-state index in [1.807, 2.05) is 12.1 Å². The van der Waals surface area contributed by atoms with E-state index in [2.05, 4.69) is 0 Å². The van der Waals surface area contributed by atoms with Crippen LogP contribution in [0.15, 0.2) is 18.2 Å². The molecule has 0 heterocycles. The van der Waals surface area contributed by atoms with Gasteiger partial charge in [0.15, 0.2) is 0 Å². The van der Waals surface area contributed by atoms with Gasteiger partial charge >= 0.3 is 0 Å². The SMILES string of the molecule is NC(Cc1ccc(Cl)cc1Cl)CC1CCCCC1. The van der Waals surface area contributed by atoms with Crippen molar-refractivity contribution < 1.29 is 0 Å². The van der Waals surface area contributed by atoms with E-state index in [0.717, 1.165) is 29.3 Å². The lowest BCUT2D eigenvalue weighted by atomic mass is 9.84. The summed E-state index contributed by atoms with van der Waals surface area (Å²) >= 11 is 12.1. The van der Waals surface area contributed by atoms with Gasteiger partial charge < -0.3 is 5.73 Å². The van der Waals surface area contributed by atoms with E-state index in [-0.39, 0.29) is 6.04 Å². The van der Waals surface area contributed by atoms with E-state index in [9.17, 15) is 0 Å². The Morgan fingerprint density at radius 3 is 2.56 bits per heavy atom. The van der Waals surface area contributed by atoms with Crippen molar-refractivity contribution in [3.8, 4) is 0 Å². The van der Waals surface area contributed by atoms with Crippen LogP contribution in [0, 0.1) is 5.92 Å². The lowest BCUT2D eigenvalue weighted by molar-refractivity contribution is 0.317. The van der Waals surface area contributed by atoms with E-state index < -0.39 is 0 Å². The van der Waals surface area contributed by atoms with E-state index >= 15 is 0 Å². The van der Waals surface area contributed by atoms with Crippen LogP contribution in [0.5, 0.6) is 0 Å². The molecule has 3 heteroatoms. The summed E-state index contributed by atoms with van der Waals surface area (Å²) in [6.45, 7) is 0. The first-order valence-electron chi connectivity index (χ1n) is 6.84. The normalized spacial score (nSPS) is 18.8. The topological polar surface area (TPSA) is 26.0 Å². The molecule has 0 saturated heterocycles. The molecule has 2 rings (SSSR count). The lowest BCUT2D eigenvalue weighted by Crippen LogP contribution is -2.27. The second kappa shape index (κ2) is 6.79. The molecule has 0 aliphatic heterocycles. The molecular weight excluding hydrogens is 265 g/mol. The molecule has 0 spiro atoms. The minimum absolute atomic E-state index is 0.215. The first-order valence-corrected chi connectivity index (χ1v) is 7.60. The van der Waals surface area contributed by atoms with Crippen molar-refractivity contribution in [3.63, 3.8) is 0 Å². The smallest absolute Gasteiger partial charge is 0.0453 e. The quantitative estimate of drug-likeness (QED) is 0.842. The molecule has 1 saturated carbocycles. The fourth-order valence-electron chi connectivity index (χ4n) is 2.90. The number of rotatable bonds is 4. The third-order valence-electron chi connectivity index (χ3n) is 3.86. The first-order chi connectivity index (χ1) is 8.65. The summed E-state index contributed by atoms with van der Waals surface area (Å²) in [6.07, 6.45) is 8.82. The Kier molecular flexibility index (Phi) is 5.35. The number of benzene rings is 1. The van der Waals surface area contributed by atoms with Crippen LogP contribution in [0.25, 0.3) is 0 Å². The average molecular weight is 286 g/mol. The van der Waals surface area contributed by atoms with Crippen LogP contribution >= 0.6 is 23.2 Å². The fraction of sp³-hybridized carbons (Fsp3) is 0.600. The summed E-state index contributed by atoms with van der Waals surface area (Å²) in [5, 5.41) is 1.42. The Morgan fingerprint density at radius 1 is 1.17 bits per heavy atom. The fourth-order valence-corrected chi connectivity index (χ4v) is 3.39. The second-order valence-electron chi connectivity index (χ2n) is 5.44. The van der Waals surface area contributed by atoms with E-state index in [4.69, 9.17) is 28.9 Å². The van der Waals surface area contributed by atoms with Crippen molar-refractivity contribution in [2.45, 2.75) is 51.0 Å². The second-order valence-corrected chi connectivity index (χ2v) is 6.28. The molecule has 1 aliphatic carbocycles. The van der Waals surface area contributed by atoms with E-state index in [1.54, 1.807) is 6.07 Å². The maximum atomic E-state index is 6.25. The molecule has 1 atom stereocenters. The van der Waals surface area contributed by atoms with Crippen LogP contribution in [0.3, 0.4) is 0 Å². The average Bonchev–Trinajstić information content (AvgIpc) is 2.34. The van der Waals surface area contributed by atoms with Crippen LogP contribution < -0.4 is 5.73 Å². The van der Waals surface area contributed by atoms with Crippen LogP contribution in [0.1, 0.15) is 44.1 Å². The summed E-state index contributed by atoms with van der Waals surface area (Å²) in [5.41, 5.74) is 7.37. The number of nitrogens with two attached hydrogens (primary N) is 1. The summed E-state index contributed by atoms with van der Waals surface area (Å²) in [5.74, 6) is 0.819. The third kappa shape index (κ3) is 4.15. The van der Waals surface area contributed by atoms with Gasteiger partial charge in [-0.05, 0) is 36.5 Å². The Hall–Kier alpha value is -0.240. The number of hydrogen-bond acceptors (Lipinski definition) is 1. The summed E-state index contributed by atoms with van der Waals surface area (Å²) < 4.78 is 0. The van der Waals surface area contributed by atoms with Gasteiger partial charge in [-0.3, -0.25) is 0 Å². The molecule has 1 nitrogen and oxygen atoms in total. The van der Waals surface area contributed by atoms with Crippen molar-refractivity contribution >= 4 is 23.2 Å². The molecule has 1 aliphatic rings. The Labute approximate surface area is 120 Å². The van der Waals surface area contributed by atoms with Gasteiger partial charge in [-0.2, -0.15) is 0 Å². The Morgan fingerprint density at radius 2 is 1.89 bits per heavy atom. The predicted molar refractivity (Wildman–Crippen MR) is 79.3 cm³/mol. The highest BCUT2D eigenvalue weighted by atomic mass is 35.5. The van der Waals surface area contributed by atoms with Crippen molar-refractivity contribution in [1.82, 2.24) is 0 Å². The molecule has 1 fully saturated rings. The van der Waals surface area contributed by atoms with Gasteiger partial charge in [-0.25, -0.2) is 0 Å². The molecule has 18 heavy (non-hydrogen) atoms. The minimum atomic E-state index is 0.215. The van der Waals surface area contributed by atoms with Gasteiger partial charge in [0.25, 0.3) is 0 Å². The van der Waals surface area contributed by atoms with Crippen LogP contribution in [-0.4, -0.2) is 6.04 Å². The first kappa shape index (κ1) is 14.2. The highest BCUT2D eigenvalue weighted by molar-refractivity contribution is 6.35. The molecule has 0 aromatic heterocycles. The van der Waals surface area contributed by atoms with E-state index in [0.29, 0.717) is 5.02 Å². The predicted octanol–water partition coefficient (Wildman–Crippen LogP) is 4.83. The number of halogens is 2. The van der Waals surface area contributed by atoms with Gasteiger partial charge in [-0.1, -0.05) is 61.4 Å². The Balaban J connectivity index is 1.87. The van der Waals surface area contributed by atoms with Crippen LogP contribution in [-0.2, 0) is 6.42 Å². The summed E-state index contributed by atoms with van der Waals surface area (Å²) in [4.78, 5) is 0. The molecule has 100 valence electrons. The van der Waals surface area contributed by atoms with Gasteiger partial charge in [-0.15, -0.1) is 0 Å². The van der Waals surface area contributed by atoms with Gasteiger partial charge in [0.1, 0.15) is 0 Å². The molecule has 0 radical (unpaired) electrons. The third-order valence-corrected chi connectivity index (χ3v) is 4.44. The molecule has 1 unspecified atom stereocenters. The maximum Gasteiger partial charge on any atom is 0.0453 e. The minimum Gasteiger partial charge on any atom is -0.327 e. The Bertz CT molecular complexity index is 386. The zero-order chi connectivity index (χ0) is 13.0. The molecule has 1 aromatic carbocycles. The van der Waals surface area contributed by atoms with Crippen molar-refractivity contribution in [3.05, 3.63) is 33.8 Å². The van der Waals surface area contributed by atoms with Gasteiger partial charge in [0, 0.05) is 16.1 Å². The molecule has 0 bridgehead atoms. The molecule has 0 amide bonds. The monoisotopic (exact) mass is 285 g/mol. The van der Waals surface area contributed by atoms with Crippen molar-refractivity contribution in [1.29, 1.82) is 0 Å². The zero-order valence-corrected chi connectivity index (χ0v) is 12.2. The lowest BCUT2D eigenvalue weighted by Gasteiger charge is -2.24. The van der Waals surface area contributed by atoms with Crippen molar-refractivity contribution in [2.24, 2.45) is 11.7 Å². The zero-order valence-electron chi connectivity index (χ0n) is 10.7. The highest BCUT2D eigenvalue weighted by Crippen LogP contribution is 2.28. The summed E-state index contributed by atoms with van der Waals surface area (Å²) in [7, 11) is 0. The van der Waals surface area contributed by atoms with Crippen molar-refractivity contribution in [2.75, 3.05) is 0 Å². The maximum absolute atomic E-state index is 6.25. The summed E-state index contributed by atoms with van der Waals surface area (Å²) in [6, 6.07) is 5.89. The van der Waals surface area contributed by atoms with Crippen LogP contribution in [0.2, 0.25) is 10.0 Å². The molecule has 2 N–H and O–H groups in total. The largest absolute Gasteiger partial charge is 0.327 e. The van der Waals surface area contributed by atoms with Gasteiger partial charge in [0.05, 0.1) is 0 Å². The van der Waals surface area contributed by atoms with Gasteiger partial charge in [0.2, 0.25) is 0 Å². The number of hydrogen-bond donors (Lipinski definition) is 1. The molecule has 1 aromatic rings. The van der Waals surface area contributed by atoms with Crippen LogP contribution in [0.4, 0.5) is 0 Å². The molecular formula is C15H21Cl2N. The highest BCUT2D eigenvalue weighted by Gasteiger charge is 2.17. The standard InChI is InChI=1S/C15H21Cl2N/c16-13-7-6-12(15(17)10-13)9-14(18)8-11-4-2-1-3-5-11/h6-7,10-11,14H,1-5,8-9,18H2. The van der Waals surface area contributed by atoms with E-state index in [1.165, 1.54) is 32.1 Å².